The number of aryl methyl sites for hydroxylation is 1. The van der Waals surface area contributed by atoms with Gasteiger partial charge in [0.25, 0.3) is 0 Å². The number of benzene rings is 1. The summed E-state index contributed by atoms with van der Waals surface area (Å²) < 4.78 is 4.07. The van der Waals surface area contributed by atoms with Gasteiger partial charge >= 0.3 is 0 Å². The first kappa shape index (κ1) is 11.0. The Balaban J connectivity index is 2.10. The fraction of sp³-hybridized carbons (Fsp3) is 0.250. The van der Waals surface area contributed by atoms with E-state index >= 15 is 0 Å². The van der Waals surface area contributed by atoms with Crippen molar-refractivity contribution in [1.82, 2.24) is 4.37 Å². The van der Waals surface area contributed by atoms with Crippen LogP contribution in [0.25, 0.3) is 0 Å². The minimum Gasteiger partial charge on any atom is -0.383 e. The topological polar surface area (TPSA) is 42.1 Å². The van der Waals surface area contributed by atoms with Crippen LogP contribution in [0.2, 0.25) is 0 Å². The van der Waals surface area contributed by atoms with Crippen molar-refractivity contribution in [1.29, 1.82) is 0 Å². The third-order valence-corrected chi connectivity index (χ3v) is 3.31. The predicted octanol–water partition coefficient (Wildman–Crippen LogP) is 2.67. The van der Waals surface area contributed by atoms with E-state index in [1.807, 2.05) is 6.07 Å². The molecule has 2 N–H and O–H groups in total. The highest BCUT2D eigenvalue weighted by molar-refractivity contribution is 7.10. The van der Waals surface area contributed by atoms with Gasteiger partial charge in [-0.25, -0.2) is 0 Å². The summed E-state index contributed by atoms with van der Waals surface area (Å²) in [5, 5.41) is 1.10. The van der Waals surface area contributed by atoms with E-state index in [0.29, 0.717) is 5.82 Å². The Hall–Kier alpha value is -1.55. The van der Waals surface area contributed by atoms with E-state index in [4.69, 9.17) is 5.73 Å². The first-order chi connectivity index (χ1) is 7.65. The van der Waals surface area contributed by atoms with E-state index < -0.39 is 0 Å². The third kappa shape index (κ3) is 2.52. The van der Waals surface area contributed by atoms with Crippen molar-refractivity contribution in [2.45, 2.75) is 13.5 Å². The maximum atomic E-state index is 5.61. The number of aromatic nitrogens is 1. The molecule has 0 saturated carbocycles. The van der Waals surface area contributed by atoms with Crippen LogP contribution in [0.15, 0.2) is 30.3 Å². The van der Waals surface area contributed by atoms with Crippen molar-refractivity contribution in [2.75, 3.05) is 17.7 Å². The molecule has 4 heteroatoms. The SMILES string of the molecule is Cc1cccc(CN(C)c2cc(N)ns2)c1. The maximum Gasteiger partial charge on any atom is 0.139 e. The summed E-state index contributed by atoms with van der Waals surface area (Å²) >= 11 is 1.43. The van der Waals surface area contributed by atoms with Crippen molar-refractivity contribution in [3.63, 3.8) is 0 Å². The van der Waals surface area contributed by atoms with Gasteiger partial charge in [0.1, 0.15) is 10.8 Å². The van der Waals surface area contributed by atoms with Crippen molar-refractivity contribution < 1.29 is 0 Å². The summed E-state index contributed by atoms with van der Waals surface area (Å²) in [6.07, 6.45) is 0. The smallest absolute Gasteiger partial charge is 0.139 e. The fourth-order valence-electron chi connectivity index (χ4n) is 1.62. The average molecular weight is 233 g/mol. The highest BCUT2D eigenvalue weighted by Crippen LogP contribution is 2.23. The minimum atomic E-state index is 0.594. The van der Waals surface area contributed by atoms with Crippen LogP contribution >= 0.6 is 11.5 Å². The van der Waals surface area contributed by atoms with E-state index in [9.17, 15) is 0 Å². The van der Waals surface area contributed by atoms with Crippen molar-refractivity contribution in [3.05, 3.63) is 41.5 Å². The average Bonchev–Trinajstić information content (AvgIpc) is 2.65. The van der Waals surface area contributed by atoms with Crippen molar-refractivity contribution >= 4 is 22.4 Å². The van der Waals surface area contributed by atoms with Gasteiger partial charge in [-0.05, 0) is 24.0 Å². The molecular weight excluding hydrogens is 218 g/mol. The van der Waals surface area contributed by atoms with Crippen LogP contribution in [-0.2, 0) is 6.54 Å². The standard InChI is InChI=1S/C12H15N3S/c1-9-4-3-5-10(6-9)8-15(2)12-7-11(13)14-16-12/h3-7H,8H2,1-2H3,(H2,13,14). The molecule has 0 bridgehead atoms. The Morgan fingerprint density at radius 2 is 2.19 bits per heavy atom. The van der Waals surface area contributed by atoms with Gasteiger partial charge in [0.2, 0.25) is 0 Å². The molecule has 1 aromatic heterocycles. The molecule has 16 heavy (non-hydrogen) atoms. The van der Waals surface area contributed by atoms with Crippen LogP contribution in [0.1, 0.15) is 11.1 Å². The summed E-state index contributed by atoms with van der Waals surface area (Å²) in [6.45, 7) is 2.98. The molecular formula is C12H15N3S. The van der Waals surface area contributed by atoms with Crippen LogP contribution in [0, 0.1) is 6.92 Å². The lowest BCUT2D eigenvalue weighted by Crippen LogP contribution is -2.14. The maximum absolute atomic E-state index is 5.61. The second-order valence-electron chi connectivity index (χ2n) is 3.94. The van der Waals surface area contributed by atoms with E-state index in [1.54, 1.807) is 0 Å². The monoisotopic (exact) mass is 233 g/mol. The Bertz CT molecular complexity index is 479. The molecule has 0 saturated heterocycles. The van der Waals surface area contributed by atoms with E-state index in [1.165, 1.54) is 22.7 Å². The van der Waals surface area contributed by atoms with Crippen molar-refractivity contribution in [2.24, 2.45) is 0 Å². The van der Waals surface area contributed by atoms with Gasteiger partial charge in [0.05, 0.1) is 0 Å². The van der Waals surface area contributed by atoms with E-state index in [-0.39, 0.29) is 0 Å². The largest absolute Gasteiger partial charge is 0.383 e. The van der Waals surface area contributed by atoms with E-state index in [0.717, 1.165) is 11.5 Å². The quantitative estimate of drug-likeness (QED) is 0.886. The lowest BCUT2D eigenvalue weighted by atomic mass is 10.1. The summed E-state index contributed by atoms with van der Waals surface area (Å²) in [5.41, 5.74) is 8.19. The molecule has 0 radical (unpaired) electrons. The number of hydrogen-bond acceptors (Lipinski definition) is 4. The fourth-order valence-corrected chi connectivity index (χ4v) is 2.25. The molecule has 2 rings (SSSR count). The van der Waals surface area contributed by atoms with Crippen LogP contribution in [-0.4, -0.2) is 11.4 Å². The summed E-state index contributed by atoms with van der Waals surface area (Å²) in [6, 6.07) is 10.4. The number of rotatable bonds is 3. The molecule has 0 aliphatic rings. The highest BCUT2D eigenvalue weighted by Gasteiger charge is 2.05. The molecule has 3 nitrogen and oxygen atoms in total. The zero-order valence-corrected chi connectivity index (χ0v) is 10.3. The molecule has 0 aliphatic carbocycles. The van der Waals surface area contributed by atoms with Crippen LogP contribution in [0.3, 0.4) is 0 Å². The van der Waals surface area contributed by atoms with Gasteiger partial charge in [-0.2, -0.15) is 4.37 Å². The first-order valence-corrected chi connectivity index (χ1v) is 5.91. The van der Waals surface area contributed by atoms with Gasteiger partial charge < -0.3 is 10.6 Å². The number of nitrogens with zero attached hydrogens (tertiary/aromatic N) is 2. The lowest BCUT2D eigenvalue weighted by Gasteiger charge is -2.16. The predicted molar refractivity (Wildman–Crippen MR) is 69.8 cm³/mol. The lowest BCUT2D eigenvalue weighted by molar-refractivity contribution is 0.933. The minimum absolute atomic E-state index is 0.594. The Morgan fingerprint density at radius 3 is 2.81 bits per heavy atom. The molecule has 1 heterocycles. The molecule has 0 fully saturated rings. The second-order valence-corrected chi connectivity index (χ2v) is 4.72. The summed E-state index contributed by atoms with van der Waals surface area (Å²) in [7, 11) is 2.05. The molecule has 0 spiro atoms. The molecule has 0 atom stereocenters. The zero-order chi connectivity index (χ0) is 11.5. The number of hydrogen-bond donors (Lipinski definition) is 1. The first-order valence-electron chi connectivity index (χ1n) is 5.14. The molecule has 0 aliphatic heterocycles. The van der Waals surface area contributed by atoms with Gasteiger partial charge in [-0.1, -0.05) is 29.8 Å². The summed E-state index contributed by atoms with van der Waals surface area (Å²) in [5.74, 6) is 0.594. The van der Waals surface area contributed by atoms with Crippen LogP contribution in [0.5, 0.6) is 0 Å². The molecule has 1 aromatic carbocycles. The van der Waals surface area contributed by atoms with Crippen LogP contribution < -0.4 is 10.6 Å². The van der Waals surface area contributed by atoms with Gasteiger partial charge in [-0.3, -0.25) is 0 Å². The van der Waals surface area contributed by atoms with Crippen LogP contribution in [0.4, 0.5) is 10.8 Å². The molecule has 84 valence electrons. The number of anilines is 2. The number of nitrogen functional groups attached to an aromatic ring is 1. The molecule has 0 amide bonds. The van der Waals surface area contributed by atoms with Gasteiger partial charge in [0, 0.05) is 19.7 Å². The normalized spacial score (nSPS) is 10.4. The Kier molecular flexibility index (Phi) is 3.10. The summed E-state index contributed by atoms with van der Waals surface area (Å²) in [4.78, 5) is 2.16. The Labute approximate surface area is 99.7 Å². The third-order valence-electron chi connectivity index (χ3n) is 2.39. The highest BCUT2D eigenvalue weighted by atomic mass is 32.1. The van der Waals surface area contributed by atoms with Gasteiger partial charge in [-0.15, -0.1) is 0 Å². The van der Waals surface area contributed by atoms with Gasteiger partial charge in [0.15, 0.2) is 0 Å². The second kappa shape index (κ2) is 4.53. The van der Waals surface area contributed by atoms with E-state index in [2.05, 4.69) is 47.5 Å². The zero-order valence-electron chi connectivity index (χ0n) is 9.47. The molecule has 0 unspecified atom stereocenters. The Morgan fingerprint density at radius 1 is 1.38 bits per heavy atom. The van der Waals surface area contributed by atoms with Crippen molar-refractivity contribution in [3.8, 4) is 0 Å². The number of nitrogens with two attached hydrogens (primary N) is 1. The molecule has 2 aromatic rings.